The monoisotopic (exact) mass is 234 g/mol. The van der Waals surface area contributed by atoms with Crippen LogP contribution in [0.4, 0.5) is 0 Å². The van der Waals surface area contributed by atoms with E-state index in [1.807, 2.05) is 0 Å². The van der Waals surface area contributed by atoms with Crippen molar-refractivity contribution < 1.29 is 19.4 Å². The Hall–Kier alpha value is -0.710. The predicted molar refractivity (Wildman–Crippen MR) is 60.0 cm³/mol. The molecule has 0 aromatic carbocycles. The van der Waals surface area contributed by atoms with E-state index in [1.165, 1.54) is 11.8 Å². The van der Waals surface area contributed by atoms with E-state index < -0.39 is 17.5 Å². The van der Waals surface area contributed by atoms with Crippen LogP contribution >= 0.6 is 11.8 Å². The zero-order valence-electron chi connectivity index (χ0n) is 9.57. The molecule has 0 saturated carbocycles. The summed E-state index contributed by atoms with van der Waals surface area (Å²) in [5.41, 5.74) is -0.476. The van der Waals surface area contributed by atoms with Crippen LogP contribution in [0.5, 0.6) is 0 Å². The highest BCUT2D eigenvalue weighted by Gasteiger charge is 2.17. The molecule has 1 N–H and O–H groups in total. The Bertz CT molecular complexity index is 232. The summed E-state index contributed by atoms with van der Waals surface area (Å²) in [6.07, 6.45) is 0. The molecule has 0 bridgehead atoms. The molecular weight excluding hydrogens is 216 g/mol. The first kappa shape index (κ1) is 14.3. The summed E-state index contributed by atoms with van der Waals surface area (Å²) >= 11 is 1.28. The summed E-state index contributed by atoms with van der Waals surface area (Å²) in [5.74, 6) is -0.946. The lowest BCUT2D eigenvalue weighted by atomic mass is 10.2. The molecule has 0 radical (unpaired) electrons. The summed E-state index contributed by atoms with van der Waals surface area (Å²) in [7, 11) is 0. The molecule has 88 valence electrons. The van der Waals surface area contributed by atoms with Crippen molar-refractivity contribution >= 4 is 23.7 Å². The van der Waals surface area contributed by atoms with Crippen LogP contribution in [0.3, 0.4) is 0 Å². The van der Waals surface area contributed by atoms with Gasteiger partial charge in [-0.3, -0.25) is 9.59 Å². The third-order valence-electron chi connectivity index (χ3n) is 1.43. The fourth-order valence-corrected chi connectivity index (χ4v) is 1.60. The van der Waals surface area contributed by atoms with Crippen LogP contribution in [0.1, 0.15) is 27.7 Å². The molecule has 4 nitrogen and oxygen atoms in total. The van der Waals surface area contributed by atoms with Crippen LogP contribution in [0.25, 0.3) is 0 Å². The zero-order chi connectivity index (χ0) is 12.1. The van der Waals surface area contributed by atoms with Gasteiger partial charge in [-0.15, -0.1) is 11.8 Å². The molecule has 1 atom stereocenters. The van der Waals surface area contributed by atoms with Crippen molar-refractivity contribution in [1.29, 1.82) is 0 Å². The Morgan fingerprint density at radius 3 is 2.33 bits per heavy atom. The first-order valence-electron chi connectivity index (χ1n) is 4.75. The molecular formula is C10H18O4S. The van der Waals surface area contributed by atoms with Gasteiger partial charge in [0.15, 0.2) is 0 Å². The minimum atomic E-state index is -0.841. The highest BCUT2D eigenvalue weighted by molar-refractivity contribution is 7.99. The van der Waals surface area contributed by atoms with Gasteiger partial charge in [-0.1, -0.05) is 6.92 Å². The number of carboxylic acids is 1. The second-order valence-electron chi connectivity index (χ2n) is 4.34. The van der Waals surface area contributed by atoms with Crippen LogP contribution in [-0.4, -0.2) is 34.2 Å². The van der Waals surface area contributed by atoms with Crippen LogP contribution in [0.2, 0.25) is 0 Å². The smallest absolute Gasteiger partial charge is 0.316 e. The van der Waals surface area contributed by atoms with Crippen molar-refractivity contribution in [3.63, 3.8) is 0 Å². The quantitative estimate of drug-likeness (QED) is 0.735. The van der Waals surface area contributed by atoms with Gasteiger partial charge in [-0.05, 0) is 20.8 Å². The number of carboxylic acid groups (broad SMARTS) is 1. The van der Waals surface area contributed by atoms with E-state index in [4.69, 9.17) is 9.84 Å². The average Bonchev–Trinajstić information content (AvgIpc) is 2.00. The number of carbonyl (C=O) groups excluding carboxylic acids is 1. The fraction of sp³-hybridized carbons (Fsp3) is 0.800. The minimum Gasteiger partial charge on any atom is -0.481 e. The standard InChI is InChI=1S/C10H18O4S/c1-7(9(12)13)5-15-6-8(11)14-10(2,3)4/h7H,5-6H2,1-4H3,(H,12,13)/t7-/m0/s1. The summed E-state index contributed by atoms with van der Waals surface area (Å²) in [6, 6.07) is 0. The second-order valence-corrected chi connectivity index (χ2v) is 5.37. The fourth-order valence-electron chi connectivity index (χ4n) is 0.761. The first-order valence-corrected chi connectivity index (χ1v) is 5.90. The number of carbonyl (C=O) groups is 2. The van der Waals surface area contributed by atoms with E-state index in [1.54, 1.807) is 27.7 Å². The van der Waals surface area contributed by atoms with Gasteiger partial charge in [0.25, 0.3) is 0 Å². The SMILES string of the molecule is C[C@@H](CSCC(=O)OC(C)(C)C)C(=O)O. The van der Waals surface area contributed by atoms with E-state index >= 15 is 0 Å². The minimum absolute atomic E-state index is 0.203. The molecule has 0 aliphatic heterocycles. The molecule has 15 heavy (non-hydrogen) atoms. The van der Waals surface area contributed by atoms with Crippen molar-refractivity contribution in [2.45, 2.75) is 33.3 Å². The van der Waals surface area contributed by atoms with Crippen molar-refractivity contribution in [3.05, 3.63) is 0 Å². The van der Waals surface area contributed by atoms with Gasteiger partial charge in [-0.25, -0.2) is 0 Å². The number of hydrogen-bond donors (Lipinski definition) is 1. The molecule has 0 spiro atoms. The van der Waals surface area contributed by atoms with Gasteiger partial charge in [0.2, 0.25) is 0 Å². The van der Waals surface area contributed by atoms with E-state index in [0.29, 0.717) is 5.75 Å². The maximum Gasteiger partial charge on any atom is 0.316 e. The van der Waals surface area contributed by atoms with Crippen molar-refractivity contribution in [3.8, 4) is 0 Å². The Balaban J connectivity index is 3.69. The first-order chi connectivity index (χ1) is 6.72. The molecule has 0 heterocycles. The molecule has 0 aliphatic rings. The third-order valence-corrected chi connectivity index (χ3v) is 2.60. The van der Waals surface area contributed by atoms with Gasteiger partial charge < -0.3 is 9.84 Å². The molecule has 0 unspecified atom stereocenters. The lowest BCUT2D eigenvalue weighted by Gasteiger charge is -2.19. The lowest BCUT2D eigenvalue weighted by Crippen LogP contribution is -2.25. The van der Waals surface area contributed by atoms with E-state index in [-0.39, 0.29) is 11.7 Å². The third kappa shape index (κ3) is 8.30. The van der Waals surface area contributed by atoms with E-state index in [2.05, 4.69) is 0 Å². The van der Waals surface area contributed by atoms with E-state index in [0.717, 1.165) is 0 Å². The normalized spacial score (nSPS) is 13.3. The van der Waals surface area contributed by atoms with Crippen molar-refractivity contribution in [2.24, 2.45) is 5.92 Å². The molecule has 0 aliphatic carbocycles. The maximum absolute atomic E-state index is 11.2. The van der Waals surface area contributed by atoms with Gasteiger partial charge in [0, 0.05) is 5.75 Å². The zero-order valence-corrected chi connectivity index (χ0v) is 10.4. The van der Waals surface area contributed by atoms with Crippen LogP contribution in [-0.2, 0) is 14.3 Å². The highest BCUT2D eigenvalue weighted by Crippen LogP contribution is 2.12. The Labute approximate surface area is 94.4 Å². The number of esters is 1. The highest BCUT2D eigenvalue weighted by atomic mass is 32.2. The second kappa shape index (κ2) is 6.00. The number of ether oxygens (including phenoxy) is 1. The Kier molecular flexibility index (Phi) is 5.72. The molecule has 0 aromatic heterocycles. The molecule has 0 fully saturated rings. The Morgan fingerprint density at radius 2 is 1.93 bits per heavy atom. The van der Waals surface area contributed by atoms with Gasteiger partial charge in [-0.2, -0.15) is 0 Å². The van der Waals surface area contributed by atoms with Crippen molar-refractivity contribution in [2.75, 3.05) is 11.5 Å². The summed E-state index contributed by atoms with van der Waals surface area (Å²) in [4.78, 5) is 21.7. The lowest BCUT2D eigenvalue weighted by molar-refractivity contribution is -0.151. The predicted octanol–water partition coefficient (Wildman–Crippen LogP) is 1.78. The summed E-state index contributed by atoms with van der Waals surface area (Å²) < 4.78 is 5.07. The average molecular weight is 234 g/mol. The molecule has 5 heteroatoms. The number of aliphatic carboxylic acids is 1. The summed E-state index contributed by atoms with van der Waals surface area (Å²) in [6.45, 7) is 7.02. The largest absolute Gasteiger partial charge is 0.481 e. The Morgan fingerprint density at radius 1 is 1.40 bits per heavy atom. The molecule has 0 amide bonds. The summed E-state index contributed by atoms with van der Waals surface area (Å²) in [5, 5.41) is 8.60. The van der Waals surface area contributed by atoms with Crippen LogP contribution in [0.15, 0.2) is 0 Å². The van der Waals surface area contributed by atoms with E-state index in [9.17, 15) is 9.59 Å². The van der Waals surface area contributed by atoms with Gasteiger partial charge in [0.05, 0.1) is 11.7 Å². The van der Waals surface area contributed by atoms with Crippen LogP contribution in [0, 0.1) is 5.92 Å². The molecule has 0 aromatic rings. The van der Waals surface area contributed by atoms with Gasteiger partial charge in [0.1, 0.15) is 5.60 Å². The molecule has 0 rings (SSSR count). The number of rotatable bonds is 5. The van der Waals surface area contributed by atoms with Crippen molar-refractivity contribution in [1.82, 2.24) is 0 Å². The van der Waals surface area contributed by atoms with Crippen LogP contribution < -0.4 is 0 Å². The molecule has 0 saturated heterocycles. The van der Waals surface area contributed by atoms with Gasteiger partial charge >= 0.3 is 11.9 Å². The number of thioether (sulfide) groups is 1. The topological polar surface area (TPSA) is 63.6 Å². The number of hydrogen-bond acceptors (Lipinski definition) is 4. The maximum atomic E-state index is 11.2.